The molecule has 0 aliphatic heterocycles. The number of carbonyl (C=O) groups is 2. The highest BCUT2D eigenvalue weighted by molar-refractivity contribution is 6.31. The van der Waals surface area contributed by atoms with Gasteiger partial charge in [-0.1, -0.05) is 29.8 Å². The zero-order chi connectivity index (χ0) is 24.8. The quantitative estimate of drug-likeness (QED) is 0.283. The van der Waals surface area contributed by atoms with Crippen molar-refractivity contribution in [1.29, 1.82) is 0 Å². The van der Waals surface area contributed by atoms with Crippen LogP contribution in [0.15, 0.2) is 59.8 Å². The Kier molecular flexibility index (Phi) is 7.59. The largest absolute Gasteiger partial charge is 0.475 e. The van der Waals surface area contributed by atoms with Crippen LogP contribution < -0.4 is 15.5 Å². The number of amides is 2. The van der Waals surface area contributed by atoms with Crippen molar-refractivity contribution in [1.82, 2.24) is 15.2 Å². The molecule has 2 amide bonds. The Morgan fingerprint density at radius 3 is 2.50 bits per heavy atom. The first-order valence-electron chi connectivity index (χ1n) is 9.98. The lowest BCUT2D eigenvalue weighted by Crippen LogP contribution is -2.28. The zero-order valence-electron chi connectivity index (χ0n) is 18.5. The maximum absolute atomic E-state index is 12.4. The van der Waals surface area contributed by atoms with E-state index < -0.39 is 16.9 Å². The highest BCUT2D eigenvalue weighted by Crippen LogP contribution is 2.26. The summed E-state index contributed by atoms with van der Waals surface area (Å²) in [4.78, 5) is 35.2. The smallest absolute Gasteiger partial charge is 0.350 e. The molecule has 1 aromatic heterocycles. The molecule has 3 rings (SSSR count). The number of hydrazone groups is 1. The fourth-order valence-electron chi connectivity index (χ4n) is 2.88. The molecule has 1 atom stereocenters. The summed E-state index contributed by atoms with van der Waals surface area (Å²) < 4.78 is 6.01. The summed E-state index contributed by atoms with van der Waals surface area (Å²) in [6, 6.07) is 12.6. The first-order chi connectivity index (χ1) is 16.2. The number of carbonyl (C=O) groups excluding carboxylic acids is 2. The number of rotatable bonds is 8. The van der Waals surface area contributed by atoms with E-state index in [1.807, 2.05) is 0 Å². The Morgan fingerprint density at radius 2 is 1.91 bits per heavy atom. The fourth-order valence-corrected chi connectivity index (χ4v) is 3.07. The van der Waals surface area contributed by atoms with E-state index in [9.17, 15) is 19.7 Å². The third-order valence-electron chi connectivity index (χ3n) is 4.83. The molecule has 0 aliphatic rings. The molecular weight excluding hydrogens is 464 g/mol. The van der Waals surface area contributed by atoms with Gasteiger partial charge >= 0.3 is 11.6 Å². The Morgan fingerprint density at radius 1 is 1.21 bits per heavy atom. The standard InChI is InChI=1S/C22H21ClN6O5/c1-13(25-26-20(30)14(2)28-12-19(29(32)33)22(27-28)34-3)15-7-9-18(10-8-15)24-21(31)16-5-4-6-17(23)11-16/h4-12,14H,1-3H3,(H,24,31)(H,26,30)/b25-13-/t14-/m0/s1. The number of ether oxygens (including phenoxy) is 1. The van der Waals surface area contributed by atoms with Crippen LogP contribution in [0.3, 0.4) is 0 Å². The molecule has 0 spiro atoms. The second-order valence-corrected chi connectivity index (χ2v) is 7.59. The van der Waals surface area contributed by atoms with Crippen LogP contribution in [0.4, 0.5) is 11.4 Å². The summed E-state index contributed by atoms with van der Waals surface area (Å²) in [6.07, 6.45) is 1.12. The van der Waals surface area contributed by atoms with Gasteiger partial charge in [-0.15, -0.1) is 5.10 Å². The van der Waals surface area contributed by atoms with Gasteiger partial charge in [-0.3, -0.25) is 19.7 Å². The Labute approximate surface area is 199 Å². The maximum Gasteiger partial charge on any atom is 0.350 e. The summed E-state index contributed by atoms with van der Waals surface area (Å²) in [6.45, 7) is 3.22. The average Bonchev–Trinajstić information content (AvgIpc) is 3.27. The van der Waals surface area contributed by atoms with E-state index in [1.165, 1.54) is 14.0 Å². The number of nitrogens with one attached hydrogen (secondary N) is 2. The van der Waals surface area contributed by atoms with Crippen molar-refractivity contribution in [2.45, 2.75) is 19.9 Å². The van der Waals surface area contributed by atoms with Crippen LogP contribution in [0.2, 0.25) is 5.02 Å². The van der Waals surface area contributed by atoms with Crippen molar-refractivity contribution < 1.29 is 19.2 Å². The molecule has 0 saturated heterocycles. The Hall–Kier alpha value is -4.25. The predicted octanol–water partition coefficient (Wildman–Crippen LogP) is 3.81. The van der Waals surface area contributed by atoms with Gasteiger partial charge in [0.1, 0.15) is 12.2 Å². The number of hydrogen-bond donors (Lipinski definition) is 2. The molecule has 0 aliphatic carbocycles. The molecule has 11 nitrogen and oxygen atoms in total. The van der Waals surface area contributed by atoms with Gasteiger partial charge in [0.2, 0.25) is 0 Å². The molecule has 0 unspecified atom stereocenters. The lowest BCUT2D eigenvalue weighted by molar-refractivity contribution is -0.385. The monoisotopic (exact) mass is 484 g/mol. The second kappa shape index (κ2) is 10.6. The van der Waals surface area contributed by atoms with Crippen molar-refractivity contribution in [3.63, 3.8) is 0 Å². The van der Waals surface area contributed by atoms with Crippen LogP contribution in [0.25, 0.3) is 0 Å². The third kappa shape index (κ3) is 5.75. The molecule has 0 bridgehead atoms. The molecular formula is C22H21ClN6O5. The van der Waals surface area contributed by atoms with Crippen LogP contribution in [-0.2, 0) is 4.79 Å². The molecule has 34 heavy (non-hydrogen) atoms. The van der Waals surface area contributed by atoms with Gasteiger partial charge in [-0.25, -0.2) is 10.1 Å². The summed E-state index contributed by atoms with van der Waals surface area (Å²) in [5.74, 6) is -1.01. The van der Waals surface area contributed by atoms with Crippen LogP contribution >= 0.6 is 11.6 Å². The van der Waals surface area contributed by atoms with Gasteiger partial charge in [-0.05, 0) is 49.7 Å². The highest BCUT2D eigenvalue weighted by atomic mass is 35.5. The lowest BCUT2D eigenvalue weighted by Gasteiger charge is -2.10. The Balaban J connectivity index is 1.63. The Bertz CT molecular complexity index is 1250. The SMILES string of the molecule is COc1nn([C@@H](C)C(=O)N/N=C(/C)c2ccc(NC(=O)c3cccc(Cl)c3)cc2)cc1[N+](=O)[O-]. The molecule has 2 aromatic carbocycles. The van der Waals surface area contributed by atoms with Crippen molar-refractivity contribution in [2.24, 2.45) is 5.10 Å². The highest BCUT2D eigenvalue weighted by Gasteiger charge is 2.25. The van der Waals surface area contributed by atoms with E-state index in [4.69, 9.17) is 16.3 Å². The van der Waals surface area contributed by atoms with Gasteiger partial charge in [0.15, 0.2) is 0 Å². The summed E-state index contributed by atoms with van der Waals surface area (Å²) in [7, 11) is 1.26. The van der Waals surface area contributed by atoms with E-state index in [2.05, 4.69) is 20.9 Å². The van der Waals surface area contributed by atoms with Crippen molar-refractivity contribution in [3.8, 4) is 5.88 Å². The number of anilines is 1. The van der Waals surface area contributed by atoms with Gasteiger partial charge in [0.05, 0.1) is 17.7 Å². The number of nitrogens with zero attached hydrogens (tertiary/aromatic N) is 4. The zero-order valence-corrected chi connectivity index (χ0v) is 19.2. The van der Waals surface area contributed by atoms with Gasteiger partial charge in [-0.2, -0.15) is 5.10 Å². The van der Waals surface area contributed by atoms with Crippen molar-refractivity contribution in [2.75, 3.05) is 12.4 Å². The molecule has 12 heteroatoms. The summed E-state index contributed by atoms with van der Waals surface area (Å²) in [5.41, 5.74) is 4.32. The first-order valence-corrected chi connectivity index (χ1v) is 10.4. The average molecular weight is 485 g/mol. The minimum Gasteiger partial charge on any atom is -0.475 e. The van der Waals surface area contributed by atoms with Gasteiger partial charge in [0, 0.05) is 16.3 Å². The van der Waals surface area contributed by atoms with Gasteiger partial charge < -0.3 is 10.1 Å². The van der Waals surface area contributed by atoms with E-state index in [0.717, 1.165) is 10.9 Å². The van der Waals surface area contributed by atoms with E-state index >= 15 is 0 Å². The number of aromatic nitrogens is 2. The van der Waals surface area contributed by atoms with E-state index in [0.29, 0.717) is 27.5 Å². The molecule has 3 aromatic rings. The van der Waals surface area contributed by atoms with E-state index in [1.54, 1.807) is 55.5 Å². The second-order valence-electron chi connectivity index (χ2n) is 7.15. The van der Waals surface area contributed by atoms with Crippen LogP contribution in [-0.4, -0.2) is 39.3 Å². The summed E-state index contributed by atoms with van der Waals surface area (Å²) in [5, 5.41) is 22.3. The summed E-state index contributed by atoms with van der Waals surface area (Å²) >= 11 is 5.92. The maximum atomic E-state index is 12.4. The number of benzene rings is 2. The first kappa shape index (κ1) is 24.4. The van der Waals surface area contributed by atoms with Crippen LogP contribution in [0, 0.1) is 10.1 Å². The predicted molar refractivity (Wildman–Crippen MR) is 126 cm³/mol. The lowest BCUT2D eigenvalue weighted by atomic mass is 10.1. The van der Waals surface area contributed by atoms with Gasteiger partial charge in [0.25, 0.3) is 11.8 Å². The fraction of sp³-hybridized carbons (Fsp3) is 0.182. The molecule has 1 heterocycles. The minimum atomic E-state index is -0.872. The number of hydrogen-bond acceptors (Lipinski definition) is 7. The molecule has 2 N–H and O–H groups in total. The molecule has 176 valence electrons. The number of methoxy groups -OCH3 is 1. The number of halogens is 1. The van der Waals surface area contributed by atoms with Crippen LogP contribution in [0.1, 0.15) is 35.8 Å². The van der Waals surface area contributed by atoms with Crippen LogP contribution in [0.5, 0.6) is 5.88 Å². The number of nitro groups is 1. The molecule has 0 fully saturated rings. The topological polar surface area (TPSA) is 141 Å². The normalized spacial score (nSPS) is 12.1. The van der Waals surface area contributed by atoms with E-state index in [-0.39, 0.29) is 17.5 Å². The minimum absolute atomic E-state index is 0.188. The van der Waals surface area contributed by atoms with Crippen molar-refractivity contribution >= 4 is 40.5 Å². The molecule has 0 radical (unpaired) electrons. The molecule has 0 saturated carbocycles. The van der Waals surface area contributed by atoms with Crippen molar-refractivity contribution in [3.05, 3.63) is 81.0 Å². The third-order valence-corrected chi connectivity index (χ3v) is 5.06.